The van der Waals surface area contributed by atoms with Gasteiger partial charge in [-0.2, -0.15) is 5.10 Å². The molecule has 0 aromatic carbocycles. The van der Waals surface area contributed by atoms with Crippen molar-refractivity contribution in [2.24, 2.45) is 10.6 Å². The maximum absolute atomic E-state index is 5.77. The Kier molecular flexibility index (Phi) is 4.72. The van der Waals surface area contributed by atoms with E-state index >= 15 is 0 Å². The number of rotatable bonds is 5. The van der Waals surface area contributed by atoms with Gasteiger partial charge >= 0.3 is 0 Å². The fourth-order valence-corrected chi connectivity index (χ4v) is 2.28. The fraction of sp³-hybridized carbons (Fsp3) is 0.500. The van der Waals surface area contributed by atoms with Crippen LogP contribution >= 0.6 is 22.9 Å². The molecule has 2 rings (SSSR count). The van der Waals surface area contributed by atoms with Crippen molar-refractivity contribution >= 4 is 28.6 Å². The number of hydrogen-bond acceptors (Lipinski definition) is 6. The summed E-state index contributed by atoms with van der Waals surface area (Å²) < 4.78 is 2.23. The number of nitrogens with zero attached hydrogens (tertiary/aromatic N) is 5. The number of aromatic nitrogens is 4. The molecule has 0 aliphatic rings. The van der Waals surface area contributed by atoms with Gasteiger partial charge in [0.25, 0.3) is 0 Å². The molecule has 0 radical (unpaired) electrons. The highest BCUT2D eigenvalue weighted by Gasteiger charge is 2.20. The van der Waals surface area contributed by atoms with E-state index < -0.39 is 0 Å². The maximum Gasteiger partial charge on any atom is 0.183 e. The van der Waals surface area contributed by atoms with Crippen molar-refractivity contribution in [1.29, 1.82) is 0 Å². The second kappa shape index (κ2) is 6.32. The monoisotopic (exact) mass is 313 g/mol. The SMILES string of the molecule is CC(C)(C)/C(Cn1cncn1)=N/OCc1cnc(Cl)s1. The maximum atomic E-state index is 5.77. The van der Waals surface area contributed by atoms with Crippen molar-refractivity contribution in [3.63, 3.8) is 0 Å². The van der Waals surface area contributed by atoms with Gasteiger partial charge in [-0.25, -0.2) is 14.6 Å². The average molecular weight is 314 g/mol. The van der Waals surface area contributed by atoms with E-state index in [9.17, 15) is 0 Å². The molecule has 0 saturated heterocycles. The molecule has 0 bridgehead atoms. The molecule has 8 heteroatoms. The molecule has 0 aliphatic heterocycles. The smallest absolute Gasteiger partial charge is 0.183 e. The van der Waals surface area contributed by atoms with Crippen molar-refractivity contribution < 1.29 is 4.84 Å². The van der Waals surface area contributed by atoms with Gasteiger partial charge in [-0.15, -0.1) is 11.3 Å². The highest BCUT2D eigenvalue weighted by atomic mass is 35.5. The van der Waals surface area contributed by atoms with E-state index in [4.69, 9.17) is 16.4 Å². The molecular formula is C12H16ClN5OS. The molecular weight excluding hydrogens is 298 g/mol. The fourth-order valence-electron chi connectivity index (χ4n) is 1.39. The largest absolute Gasteiger partial charge is 0.390 e. The molecule has 0 spiro atoms. The molecule has 0 saturated carbocycles. The van der Waals surface area contributed by atoms with Gasteiger partial charge < -0.3 is 4.84 Å². The first-order chi connectivity index (χ1) is 9.45. The topological polar surface area (TPSA) is 65.2 Å². The van der Waals surface area contributed by atoms with Crippen LogP contribution in [0.4, 0.5) is 0 Å². The second-order valence-corrected chi connectivity index (χ2v) is 6.93. The lowest BCUT2D eigenvalue weighted by molar-refractivity contribution is 0.128. The predicted molar refractivity (Wildman–Crippen MR) is 78.8 cm³/mol. The number of thiazole rings is 1. The zero-order chi connectivity index (χ0) is 14.6. The molecule has 0 atom stereocenters. The van der Waals surface area contributed by atoms with Crippen LogP contribution in [0.1, 0.15) is 25.6 Å². The van der Waals surface area contributed by atoms with Crippen molar-refractivity contribution in [3.8, 4) is 0 Å². The predicted octanol–water partition coefficient (Wildman–Crippen LogP) is 3.01. The van der Waals surface area contributed by atoms with Crippen LogP contribution in [-0.4, -0.2) is 25.5 Å². The van der Waals surface area contributed by atoms with E-state index in [1.54, 1.807) is 17.2 Å². The highest BCUT2D eigenvalue weighted by Crippen LogP contribution is 2.20. The summed E-state index contributed by atoms with van der Waals surface area (Å²) in [7, 11) is 0. The van der Waals surface area contributed by atoms with Gasteiger partial charge in [-0.1, -0.05) is 37.5 Å². The van der Waals surface area contributed by atoms with Gasteiger partial charge in [-0.3, -0.25) is 0 Å². The third-order valence-corrected chi connectivity index (χ3v) is 3.64. The van der Waals surface area contributed by atoms with Gasteiger partial charge in [0.2, 0.25) is 0 Å². The standard InChI is InChI=1S/C12H16ClN5OS/c1-12(2,3)10(5-18-8-14-7-16-18)17-19-6-9-4-15-11(13)20-9/h4,7-8H,5-6H2,1-3H3/b17-10+. The first kappa shape index (κ1) is 14.9. The molecule has 0 amide bonds. The Morgan fingerprint density at radius 1 is 1.50 bits per heavy atom. The Morgan fingerprint density at radius 3 is 2.85 bits per heavy atom. The van der Waals surface area contributed by atoms with Gasteiger partial charge in [0.1, 0.15) is 12.7 Å². The molecule has 2 heterocycles. The highest BCUT2D eigenvalue weighted by molar-refractivity contribution is 7.15. The summed E-state index contributed by atoms with van der Waals surface area (Å²) in [5.74, 6) is 0. The van der Waals surface area contributed by atoms with E-state index in [1.165, 1.54) is 17.7 Å². The summed E-state index contributed by atoms with van der Waals surface area (Å²) in [6.45, 7) is 7.15. The van der Waals surface area contributed by atoms with Crippen LogP contribution in [0.2, 0.25) is 4.47 Å². The summed E-state index contributed by atoms with van der Waals surface area (Å²) in [5.41, 5.74) is 0.774. The van der Waals surface area contributed by atoms with Crippen LogP contribution in [0.5, 0.6) is 0 Å². The minimum atomic E-state index is -0.114. The number of halogens is 1. The number of hydrogen-bond donors (Lipinski definition) is 0. The molecule has 0 fully saturated rings. The van der Waals surface area contributed by atoms with Gasteiger partial charge in [0, 0.05) is 11.6 Å². The van der Waals surface area contributed by atoms with Crippen LogP contribution in [0, 0.1) is 5.41 Å². The summed E-state index contributed by atoms with van der Waals surface area (Å²) >= 11 is 7.15. The summed E-state index contributed by atoms with van der Waals surface area (Å²) in [6, 6.07) is 0. The first-order valence-corrected chi connectivity index (χ1v) is 7.26. The quantitative estimate of drug-likeness (QED) is 0.628. The Balaban J connectivity index is 2.01. The van der Waals surface area contributed by atoms with Gasteiger partial charge in [0.15, 0.2) is 11.1 Å². The lowest BCUT2D eigenvalue weighted by atomic mass is 9.90. The van der Waals surface area contributed by atoms with Crippen molar-refractivity contribution in [3.05, 3.63) is 28.2 Å². The second-order valence-electron chi connectivity index (χ2n) is 5.23. The molecule has 2 aromatic rings. The minimum absolute atomic E-state index is 0.114. The van der Waals surface area contributed by atoms with E-state index in [2.05, 4.69) is 41.0 Å². The average Bonchev–Trinajstić information content (AvgIpc) is 2.98. The van der Waals surface area contributed by atoms with Crippen molar-refractivity contribution in [1.82, 2.24) is 19.7 Å². The van der Waals surface area contributed by atoms with E-state index in [0.29, 0.717) is 17.6 Å². The van der Waals surface area contributed by atoms with Crippen molar-refractivity contribution in [2.45, 2.75) is 33.9 Å². The molecule has 0 unspecified atom stereocenters. The Morgan fingerprint density at radius 2 is 2.30 bits per heavy atom. The van der Waals surface area contributed by atoms with Crippen molar-refractivity contribution in [2.75, 3.05) is 0 Å². The zero-order valence-electron chi connectivity index (χ0n) is 11.6. The van der Waals surface area contributed by atoms with Gasteiger partial charge in [-0.05, 0) is 0 Å². The van der Waals surface area contributed by atoms with Crippen LogP contribution in [0.15, 0.2) is 24.0 Å². The Hall–Kier alpha value is -1.47. The number of oxime groups is 1. The third-order valence-electron chi connectivity index (χ3n) is 2.55. The van der Waals surface area contributed by atoms with E-state index in [1.807, 2.05) is 0 Å². The van der Waals surface area contributed by atoms with Crippen LogP contribution in [0.3, 0.4) is 0 Å². The Labute approximate surface area is 126 Å². The van der Waals surface area contributed by atoms with Gasteiger partial charge in [0.05, 0.1) is 17.1 Å². The van der Waals surface area contributed by atoms with E-state index in [-0.39, 0.29) is 5.41 Å². The molecule has 0 N–H and O–H groups in total. The lowest BCUT2D eigenvalue weighted by Gasteiger charge is -2.20. The zero-order valence-corrected chi connectivity index (χ0v) is 13.1. The van der Waals surface area contributed by atoms with Crippen LogP contribution in [-0.2, 0) is 18.0 Å². The lowest BCUT2D eigenvalue weighted by Crippen LogP contribution is -2.26. The molecule has 20 heavy (non-hydrogen) atoms. The minimum Gasteiger partial charge on any atom is -0.390 e. The Bertz CT molecular complexity index is 573. The normalized spacial score (nSPS) is 12.7. The van der Waals surface area contributed by atoms with Crippen LogP contribution < -0.4 is 0 Å². The van der Waals surface area contributed by atoms with Crippen LogP contribution in [0.25, 0.3) is 0 Å². The summed E-state index contributed by atoms with van der Waals surface area (Å²) in [4.78, 5) is 14.2. The summed E-state index contributed by atoms with van der Waals surface area (Å²) in [6.07, 6.45) is 4.85. The molecule has 0 aliphatic carbocycles. The summed E-state index contributed by atoms with van der Waals surface area (Å²) in [5, 5.41) is 8.32. The third kappa shape index (κ3) is 4.28. The molecule has 2 aromatic heterocycles. The molecule has 108 valence electrons. The van der Waals surface area contributed by atoms with E-state index in [0.717, 1.165) is 10.6 Å². The molecule has 6 nitrogen and oxygen atoms in total. The first-order valence-electron chi connectivity index (χ1n) is 6.07.